The van der Waals surface area contributed by atoms with E-state index in [1.807, 2.05) is 17.5 Å². The summed E-state index contributed by atoms with van der Waals surface area (Å²) in [6.07, 6.45) is 2.66. The van der Waals surface area contributed by atoms with Crippen molar-refractivity contribution in [3.63, 3.8) is 0 Å². The number of nitrogens with zero attached hydrogens (tertiary/aromatic N) is 4. The van der Waals surface area contributed by atoms with E-state index in [9.17, 15) is 9.59 Å². The molecule has 11 heteroatoms. The zero-order valence-corrected chi connectivity index (χ0v) is 21.9. The molecule has 36 heavy (non-hydrogen) atoms. The van der Waals surface area contributed by atoms with Crippen LogP contribution >= 0.6 is 22.9 Å². The van der Waals surface area contributed by atoms with E-state index in [0.717, 1.165) is 30.6 Å². The average Bonchev–Trinajstić information content (AvgIpc) is 3.55. The molecule has 1 aliphatic heterocycles. The fourth-order valence-electron chi connectivity index (χ4n) is 4.03. The van der Waals surface area contributed by atoms with Crippen molar-refractivity contribution >= 4 is 46.0 Å². The molecule has 0 amide bonds. The maximum absolute atomic E-state index is 11.9. The van der Waals surface area contributed by atoms with Gasteiger partial charge in [0.1, 0.15) is 5.52 Å². The first-order valence-corrected chi connectivity index (χ1v) is 13.1. The number of rotatable bonds is 8. The number of ether oxygens (including phenoxy) is 3. The summed E-state index contributed by atoms with van der Waals surface area (Å²) < 4.78 is 18.7. The van der Waals surface area contributed by atoms with E-state index in [4.69, 9.17) is 30.8 Å². The zero-order valence-electron chi connectivity index (χ0n) is 20.3. The molecule has 1 fully saturated rings. The van der Waals surface area contributed by atoms with E-state index in [2.05, 4.69) is 28.7 Å². The molecule has 3 aromatic rings. The van der Waals surface area contributed by atoms with Gasteiger partial charge in [0, 0.05) is 20.3 Å². The van der Waals surface area contributed by atoms with Crippen molar-refractivity contribution in [2.45, 2.75) is 71.3 Å². The molecule has 0 unspecified atom stereocenters. The zero-order chi connectivity index (χ0) is 25.7. The molecule has 190 valence electrons. The third kappa shape index (κ3) is 5.86. The van der Waals surface area contributed by atoms with Gasteiger partial charge in [-0.1, -0.05) is 49.8 Å². The molecule has 0 spiro atoms. The first-order chi connectivity index (χ1) is 17.4. The highest BCUT2D eigenvalue weighted by Gasteiger charge is 2.45. The van der Waals surface area contributed by atoms with Crippen molar-refractivity contribution in [2.24, 2.45) is 0 Å². The lowest BCUT2D eigenvalue weighted by Gasteiger charge is -2.24. The van der Waals surface area contributed by atoms with Crippen LogP contribution in [0.15, 0.2) is 17.5 Å². The smallest absolute Gasteiger partial charge is 0.303 e. The van der Waals surface area contributed by atoms with Crippen LogP contribution in [0.4, 0.5) is 0 Å². The number of imidazole rings is 1. The quantitative estimate of drug-likeness (QED) is 0.175. The number of carbonyl (C=O) groups excluding carboxylic acids is 2. The van der Waals surface area contributed by atoms with Crippen molar-refractivity contribution < 1.29 is 23.8 Å². The molecule has 0 radical (unpaired) electrons. The number of aromatic nitrogens is 4. The minimum absolute atomic E-state index is 0.0367. The lowest BCUT2D eigenvalue weighted by molar-refractivity contribution is -0.164. The van der Waals surface area contributed by atoms with Gasteiger partial charge in [0.25, 0.3) is 0 Å². The third-order valence-electron chi connectivity index (χ3n) is 5.55. The van der Waals surface area contributed by atoms with Gasteiger partial charge in [-0.15, -0.1) is 11.3 Å². The maximum atomic E-state index is 11.9. The predicted octanol–water partition coefficient (Wildman–Crippen LogP) is 4.92. The van der Waals surface area contributed by atoms with E-state index in [0.29, 0.717) is 17.0 Å². The highest BCUT2D eigenvalue weighted by atomic mass is 35.5. The Hall–Kier alpha value is -3.00. The van der Waals surface area contributed by atoms with Gasteiger partial charge < -0.3 is 14.2 Å². The molecule has 3 atom stereocenters. The first-order valence-electron chi connectivity index (χ1n) is 11.8. The van der Waals surface area contributed by atoms with E-state index >= 15 is 0 Å². The van der Waals surface area contributed by atoms with Gasteiger partial charge in [-0.05, 0) is 23.8 Å². The van der Waals surface area contributed by atoms with Crippen LogP contribution in [0.1, 0.15) is 64.9 Å². The molecule has 1 aliphatic rings. The van der Waals surface area contributed by atoms with E-state index in [1.54, 1.807) is 4.57 Å². The van der Waals surface area contributed by atoms with Crippen LogP contribution in [0.2, 0.25) is 5.15 Å². The number of hydrogen-bond acceptors (Lipinski definition) is 9. The predicted molar refractivity (Wildman–Crippen MR) is 135 cm³/mol. The normalized spacial score (nSPS) is 19.2. The molecule has 0 N–H and O–H groups in total. The van der Waals surface area contributed by atoms with Crippen LogP contribution in [-0.4, -0.2) is 50.3 Å². The van der Waals surface area contributed by atoms with Crippen LogP contribution in [0.25, 0.3) is 21.9 Å². The minimum atomic E-state index is -0.913. The van der Waals surface area contributed by atoms with Gasteiger partial charge in [-0.25, -0.2) is 15.0 Å². The molecule has 3 aromatic heterocycles. The second kappa shape index (κ2) is 11.8. The number of unbranched alkanes of at least 4 members (excludes halogenated alkanes) is 4. The highest BCUT2D eigenvalue weighted by Crippen LogP contribution is 2.38. The Labute approximate surface area is 218 Å². The van der Waals surface area contributed by atoms with Gasteiger partial charge in [0.2, 0.25) is 5.82 Å². The maximum Gasteiger partial charge on any atom is 0.303 e. The second-order valence-corrected chi connectivity index (χ2v) is 9.66. The number of esters is 2. The standard InChI is InChI=1S/C25H27ClN4O5S/c1-4-5-6-7-8-9-12-19-27-22(26)20-24(28-19)30(23(29-20)18-11-10-13-36-18)25-21(35-16(3)32)17(14-33-25)34-15(2)31/h10-11,13,17,21,25H,4-8,14H2,1-3H3/t17-,21-,25-/m1/s1. The summed E-state index contributed by atoms with van der Waals surface area (Å²) in [6.45, 7) is 4.79. The fraction of sp³-hybridized carbons (Fsp3) is 0.480. The lowest BCUT2D eigenvalue weighted by Crippen LogP contribution is -2.36. The molecule has 1 saturated heterocycles. The number of fused-ring (bicyclic) bond motifs is 1. The summed E-state index contributed by atoms with van der Waals surface area (Å²) >= 11 is 8.00. The first kappa shape index (κ1) is 26.1. The molecular formula is C25H27ClN4O5S. The Balaban J connectivity index is 1.79. The number of hydrogen-bond donors (Lipinski definition) is 0. The monoisotopic (exact) mass is 530 g/mol. The summed E-state index contributed by atoms with van der Waals surface area (Å²) in [7, 11) is 0. The highest BCUT2D eigenvalue weighted by molar-refractivity contribution is 7.13. The van der Waals surface area contributed by atoms with Gasteiger partial charge in [-0.2, -0.15) is 0 Å². The second-order valence-electron chi connectivity index (χ2n) is 8.35. The third-order valence-corrected chi connectivity index (χ3v) is 6.68. The van der Waals surface area contributed by atoms with Crippen LogP contribution in [-0.2, 0) is 23.8 Å². The van der Waals surface area contributed by atoms with Crippen molar-refractivity contribution in [2.75, 3.05) is 6.61 Å². The van der Waals surface area contributed by atoms with Crippen LogP contribution < -0.4 is 0 Å². The summed E-state index contributed by atoms with van der Waals surface area (Å²) in [5.41, 5.74) is 0.758. The molecule has 0 saturated carbocycles. The largest absolute Gasteiger partial charge is 0.456 e. The Kier molecular flexibility index (Phi) is 8.56. The fourth-order valence-corrected chi connectivity index (χ4v) is 4.94. The van der Waals surface area contributed by atoms with Crippen LogP contribution in [0, 0.1) is 11.8 Å². The van der Waals surface area contributed by atoms with Crippen molar-refractivity contribution in [3.05, 3.63) is 28.5 Å². The van der Waals surface area contributed by atoms with Crippen LogP contribution in [0.5, 0.6) is 0 Å². The SMILES string of the molecule is CCCCCCC#Cc1nc(Cl)c2nc(-c3cccs3)n([C@@H]3OC[C@@H](OC(C)=O)[C@H]3OC(C)=O)c2n1. The van der Waals surface area contributed by atoms with Crippen molar-refractivity contribution in [1.82, 2.24) is 19.5 Å². The molecule has 0 aliphatic carbocycles. The topological polar surface area (TPSA) is 105 Å². The Morgan fingerprint density at radius 2 is 2.00 bits per heavy atom. The van der Waals surface area contributed by atoms with Gasteiger partial charge in [0.05, 0.1) is 11.5 Å². The van der Waals surface area contributed by atoms with E-state index < -0.39 is 30.4 Å². The average molecular weight is 531 g/mol. The molecule has 4 rings (SSSR count). The number of carbonyl (C=O) groups is 2. The number of halogens is 1. The Morgan fingerprint density at radius 1 is 1.19 bits per heavy atom. The summed E-state index contributed by atoms with van der Waals surface area (Å²) in [6, 6.07) is 3.80. The summed E-state index contributed by atoms with van der Waals surface area (Å²) in [5.74, 6) is 5.88. The molecule has 0 bridgehead atoms. The summed E-state index contributed by atoms with van der Waals surface area (Å²) in [4.78, 5) is 38.1. The van der Waals surface area contributed by atoms with Gasteiger partial charge in [-0.3, -0.25) is 14.2 Å². The lowest BCUT2D eigenvalue weighted by atomic mass is 10.2. The molecule has 4 heterocycles. The van der Waals surface area contributed by atoms with Crippen molar-refractivity contribution in [3.8, 4) is 22.5 Å². The Bertz CT molecular complexity index is 1300. The minimum Gasteiger partial charge on any atom is -0.456 e. The van der Waals surface area contributed by atoms with E-state index in [-0.39, 0.29) is 17.6 Å². The molecular weight excluding hydrogens is 504 g/mol. The van der Waals surface area contributed by atoms with Gasteiger partial charge in [0.15, 0.2) is 35.1 Å². The Morgan fingerprint density at radius 3 is 2.69 bits per heavy atom. The molecule has 9 nitrogen and oxygen atoms in total. The van der Waals surface area contributed by atoms with Crippen molar-refractivity contribution in [1.29, 1.82) is 0 Å². The van der Waals surface area contributed by atoms with E-state index in [1.165, 1.54) is 31.6 Å². The van der Waals surface area contributed by atoms with Gasteiger partial charge >= 0.3 is 11.9 Å². The molecule has 0 aromatic carbocycles. The number of thiophene rings is 1. The van der Waals surface area contributed by atoms with Crippen LogP contribution in [0.3, 0.4) is 0 Å². The summed E-state index contributed by atoms with van der Waals surface area (Å²) in [5, 5.41) is 2.08.